The van der Waals surface area contributed by atoms with E-state index in [1.54, 1.807) is 0 Å². The van der Waals surface area contributed by atoms with E-state index >= 15 is 0 Å². The fourth-order valence-electron chi connectivity index (χ4n) is 2.13. The van der Waals surface area contributed by atoms with Crippen molar-refractivity contribution in [3.63, 3.8) is 0 Å². The summed E-state index contributed by atoms with van der Waals surface area (Å²) >= 11 is 0. The molecular formula is C12H13NO3. The highest BCUT2D eigenvalue weighted by Crippen LogP contribution is 2.20. The molecule has 0 atom stereocenters. The Morgan fingerprint density at radius 1 is 1.12 bits per heavy atom. The van der Waals surface area contributed by atoms with Crippen molar-refractivity contribution in [2.24, 2.45) is 0 Å². The topological polar surface area (TPSA) is 54.5 Å². The molecule has 1 aromatic rings. The van der Waals surface area contributed by atoms with Gasteiger partial charge >= 0.3 is 0 Å². The van der Waals surface area contributed by atoms with Crippen LogP contribution in [0.5, 0.6) is 0 Å². The van der Waals surface area contributed by atoms with E-state index in [1.165, 1.54) is 0 Å². The van der Waals surface area contributed by atoms with Gasteiger partial charge in [-0.3, -0.25) is 14.4 Å². The molecule has 1 heterocycles. The second kappa shape index (κ2) is 4.04. The first kappa shape index (κ1) is 10.8. The number of rotatable bonds is 3. The summed E-state index contributed by atoms with van der Waals surface area (Å²) in [5.41, 5.74) is -0.839. The number of hydrogen-bond donors (Lipinski definition) is 0. The van der Waals surface area contributed by atoms with Gasteiger partial charge in [0.25, 0.3) is 5.43 Å². The van der Waals surface area contributed by atoms with Crippen LogP contribution in [0.25, 0.3) is 0 Å². The molecule has 1 aromatic carbocycles. The molecular weight excluding hydrogens is 206 g/mol. The number of allylic oxidation sites excluding steroid dienone is 1. The number of ketones is 1. The van der Waals surface area contributed by atoms with Crippen LogP contribution in [0.4, 0.5) is 5.69 Å². The van der Waals surface area contributed by atoms with Crippen molar-refractivity contribution in [1.82, 2.24) is 0 Å². The number of anilines is 1. The molecule has 16 heavy (non-hydrogen) atoms. The fraction of sp³-hybridized carbons (Fsp3) is 0.417. The van der Waals surface area contributed by atoms with Crippen LogP contribution >= 0.6 is 0 Å². The maximum Gasteiger partial charge on any atom is 0.250 e. The van der Waals surface area contributed by atoms with E-state index in [2.05, 4.69) is 6.58 Å². The van der Waals surface area contributed by atoms with Crippen molar-refractivity contribution >= 4 is 11.5 Å². The Kier molecular flexibility index (Phi) is 2.73. The molecule has 1 saturated heterocycles. The monoisotopic (exact) mass is 219 g/mol. The predicted molar refractivity (Wildman–Crippen MR) is 61.9 cm³/mol. The minimum Gasteiger partial charge on any atom is -0.368 e. The Labute approximate surface area is 92.9 Å². The highest BCUT2D eigenvalue weighted by Gasteiger charge is 2.29. The first-order valence-corrected chi connectivity index (χ1v) is 5.42. The summed E-state index contributed by atoms with van der Waals surface area (Å²) in [6.07, 6.45) is 4.22. The highest BCUT2D eigenvalue weighted by atomic mass is 16.2. The average Bonchev–Trinajstić information content (AvgIpc) is 2.34. The molecule has 1 aliphatic heterocycles. The average molecular weight is 219 g/mol. The van der Waals surface area contributed by atoms with Crippen LogP contribution in [0.1, 0.15) is 29.6 Å². The van der Waals surface area contributed by atoms with Crippen molar-refractivity contribution < 1.29 is 4.79 Å². The summed E-state index contributed by atoms with van der Waals surface area (Å²) in [6.45, 7) is 4.84. The van der Waals surface area contributed by atoms with Gasteiger partial charge in [-0.15, -0.1) is 0 Å². The van der Waals surface area contributed by atoms with Crippen LogP contribution in [0.2, 0.25) is 0 Å². The van der Waals surface area contributed by atoms with Gasteiger partial charge in [0.15, 0.2) is 5.78 Å². The Bertz CT molecular complexity index is 502. The summed E-state index contributed by atoms with van der Waals surface area (Å²) < 4.78 is 0. The Morgan fingerprint density at radius 2 is 1.75 bits per heavy atom. The van der Waals surface area contributed by atoms with Crippen LogP contribution < -0.4 is 15.8 Å². The lowest BCUT2D eigenvalue weighted by molar-refractivity contribution is 0.104. The van der Waals surface area contributed by atoms with Gasteiger partial charge in [0.2, 0.25) is 5.43 Å². The van der Waals surface area contributed by atoms with E-state index in [4.69, 9.17) is 0 Å². The van der Waals surface area contributed by atoms with Crippen molar-refractivity contribution in [3.05, 3.63) is 38.7 Å². The molecule has 0 radical (unpaired) electrons. The second-order valence-electron chi connectivity index (χ2n) is 4.00. The second-order valence-corrected chi connectivity index (χ2v) is 4.00. The van der Waals surface area contributed by atoms with Gasteiger partial charge in [0.05, 0.1) is 0 Å². The summed E-state index contributed by atoms with van der Waals surface area (Å²) in [4.78, 5) is 36.0. The quantitative estimate of drug-likeness (QED) is 0.425. The smallest absolute Gasteiger partial charge is 0.250 e. The third-order valence-electron chi connectivity index (χ3n) is 2.99. The number of piperidine rings is 1. The van der Waals surface area contributed by atoms with E-state index < -0.39 is 16.6 Å². The standard InChI is InChI=1S/C12H13NO3/c1-2-8(14)9-10(12(16)11(9)15)13-6-4-3-5-7-13/h2H,1,3-7H2. The zero-order chi connectivity index (χ0) is 11.7. The molecule has 1 aliphatic rings. The molecule has 0 aromatic heterocycles. The molecule has 4 heteroatoms. The van der Waals surface area contributed by atoms with E-state index in [-0.39, 0.29) is 5.56 Å². The van der Waals surface area contributed by atoms with Gasteiger partial charge in [0.1, 0.15) is 11.3 Å². The maximum absolute atomic E-state index is 11.5. The van der Waals surface area contributed by atoms with E-state index in [9.17, 15) is 14.4 Å². The molecule has 0 amide bonds. The Balaban J connectivity index is 2.37. The van der Waals surface area contributed by atoms with Crippen molar-refractivity contribution in [3.8, 4) is 0 Å². The molecule has 0 spiro atoms. The number of hydrogen-bond acceptors (Lipinski definition) is 4. The predicted octanol–water partition coefficient (Wildman–Crippen LogP) is 0.642. The van der Waals surface area contributed by atoms with Gasteiger partial charge in [-0.25, -0.2) is 0 Å². The van der Waals surface area contributed by atoms with Crippen LogP contribution in [-0.4, -0.2) is 18.9 Å². The van der Waals surface area contributed by atoms with E-state index in [0.29, 0.717) is 5.69 Å². The SMILES string of the molecule is C=CC(=O)c1c(N2CCCCC2)c(=O)c1=O. The van der Waals surface area contributed by atoms with Crippen LogP contribution in [0, 0.1) is 0 Å². The lowest BCUT2D eigenvalue weighted by atomic mass is 9.99. The molecule has 0 unspecified atom stereocenters. The van der Waals surface area contributed by atoms with Gasteiger partial charge < -0.3 is 4.90 Å². The normalized spacial score (nSPS) is 16.4. The summed E-state index contributed by atoms with van der Waals surface area (Å²) in [6, 6.07) is 0. The summed E-state index contributed by atoms with van der Waals surface area (Å²) in [5, 5.41) is 0. The lowest BCUT2D eigenvalue weighted by Crippen LogP contribution is -2.46. The minimum atomic E-state index is -0.662. The van der Waals surface area contributed by atoms with Gasteiger partial charge in [-0.05, 0) is 25.3 Å². The van der Waals surface area contributed by atoms with Crippen molar-refractivity contribution in [2.45, 2.75) is 19.3 Å². The highest BCUT2D eigenvalue weighted by molar-refractivity contribution is 6.09. The molecule has 84 valence electrons. The minimum absolute atomic E-state index is 0.0295. The zero-order valence-corrected chi connectivity index (χ0v) is 8.99. The third kappa shape index (κ3) is 1.50. The maximum atomic E-state index is 11.5. The molecule has 0 aliphatic carbocycles. The van der Waals surface area contributed by atoms with E-state index in [1.807, 2.05) is 4.90 Å². The molecule has 0 saturated carbocycles. The largest absolute Gasteiger partial charge is 0.368 e. The molecule has 0 N–H and O–H groups in total. The third-order valence-corrected chi connectivity index (χ3v) is 2.99. The van der Waals surface area contributed by atoms with Crippen LogP contribution in [0.3, 0.4) is 0 Å². The Hall–Kier alpha value is -1.71. The first-order valence-electron chi connectivity index (χ1n) is 5.42. The number of carbonyl (C=O) groups excluding carboxylic acids is 1. The lowest BCUT2D eigenvalue weighted by Gasteiger charge is -2.30. The molecule has 2 rings (SSSR count). The van der Waals surface area contributed by atoms with Crippen LogP contribution in [-0.2, 0) is 0 Å². The van der Waals surface area contributed by atoms with Crippen molar-refractivity contribution in [1.29, 1.82) is 0 Å². The molecule has 4 nitrogen and oxygen atoms in total. The zero-order valence-electron chi connectivity index (χ0n) is 8.99. The molecule has 0 bridgehead atoms. The van der Waals surface area contributed by atoms with E-state index in [0.717, 1.165) is 38.4 Å². The van der Waals surface area contributed by atoms with Crippen molar-refractivity contribution in [2.75, 3.05) is 18.0 Å². The molecule has 1 fully saturated rings. The van der Waals surface area contributed by atoms with Gasteiger partial charge in [0, 0.05) is 13.1 Å². The number of nitrogens with zero attached hydrogens (tertiary/aromatic N) is 1. The number of carbonyl (C=O) groups is 1. The fourth-order valence-corrected chi connectivity index (χ4v) is 2.13. The summed E-state index contributed by atoms with van der Waals surface area (Å²) in [7, 11) is 0. The summed E-state index contributed by atoms with van der Waals surface area (Å²) in [5.74, 6) is -0.440. The van der Waals surface area contributed by atoms with Crippen LogP contribution in [0.15, 0.2) is 22.2 Å². The first-order chi connectivity index (χ1) is 7.66. The van der Waals surface area contributed by atoms with Gasteiger partial charge in [-0.1, -0.05) is 6.58 Å². The van der Waals surface area contributed by atoms with Gasteiger partial charge in [-0.2, -0.15) is 0 Å². The Morgan fingerprint density at radius 3 is 2.31 bits per heavy atom.